The average Bonchev–Trinajstić information content (AvgIpc) is 3.17. The molecule has 0 bridgehead atoms. The van der Waals surface area contributed by atoms with Gasteiger partial charge in [0.25, 0.3) is 11.2 Å². The lowest BCUT2D eigenvalue weighted by atomic mass is 10.1. The Labute approximate surface area is 167 Å². The predicted octanol–water partition coefficient (Wildman–Crippen LogP) is 4.19. The monoisotopic (exact) mass is 409 g/mol. The van der Waals surface area contributed by atoms with Gasteiger partial charge in [0.2, 0.25) is 5.95 Å². The number of benzene rings is 2. The fraction of sp³-hybridized carbons (Fsp3) is 0. The molecule has 0 unspecified atom stereocenters. The van der Waals surface area contributed by atoms with E-state index in [-0.39, 0.29) is 17.2 Å². The smallest absolute Gasteiger partial charge is 0.270 e. The molecule has 0 aliphatic rings. The number of non-ortho nitro benzene ring substituents is 1. The van der Waals surface area contributed by atoms with Gasteiger partial charge in [-0.05, 0) is 30.3 Å². The fourth-order valence-corrected chi connectivity index (χ4v) is 2.89. The number of nitrogens with zero attached hydrogens (tertiary/aromatic N) is 3. The Bertz CT molecular complexity index is 1310. The van der Waals surface area contributed by atoms with Crippen LogP contribution in [0.15, 0.2) is 68.9 Å². The van der Waals surface area contributed by atoms with Crippen molar-refractivity contribution in [2.24, 2.45) is 5.10 Å². The van der Waals surface area contributed by atoms with Gasteiger partial charge in [0, 0.05) is 17.7 Å². The van der Waals surface area contributed by atoms with Crippen LogP contribution in [0.2, 0.25) is 5.02 Å². The van der Waals surface area contributed by atoms with Gasteiger partial charge in [-0.3, -0.25) is 19.9 Å². The molecule has 2 heterocycles. The minimum absolute atomic E-state index is 0.0935. The van der Waals surface area contributed by atoms with E-state index in [1.807, 2.05) is 0 Å². The van der Waals surface area contributed by atoms with Crippen LogP contribution in [0.3, 0.4) is 0 Å². The zero-order valence-corrected chi connectivity index (χ0v) is 15.4. The molecule has 0 saturated heterocycles. The number of hydrogen-bond donors (Lipinski definition) is 2. The molecule has 10 heteroatoms. The number of furan rings is 1. The van der Waals surface area contributed by atoms with Gasteiger partial charge in [0.05, 0.1) is 27.1 Å². The van der Waals surface area contributed by atoms with Gasteiger partial charge < -0.3 is 4.42 Å². The Kier molecular flexibility index (Phi) is 4.80. The number of anilines is 1. The number of aromatic amines is 1. The first-order valence-corrected chi connectivity index (χ1v) is 8.71. The summed E-state index contributed by atoms with van der Waals surface area (Å²) in [5, 5.41) is 15.7. The fourth-order valence-electron chi connectivity index (χ4n) is 2.68. The lowest BCUT2D eigenvalue weighted by Crippen LogP contribution is -2.10. The van der Waals surface area contributed by atoms with Crippen LogP contribution in [0.1, 0.15) is 5.76 Å². The van der Waals surface area contributed by atoms with E-state index in [1.165, 1.54) is 24.4 Å². The van der Waals surface area contributed by atoms with Crippen LogP contribution in [-0.4, -0.2) is 21.1 Å². The number of para-hydroxylation sites is 1. The summed E-state index contributed by atoms with van der Waals surface area (Å²) >= 11 is 6.12. The molecule has 29 heavy (non-hydrogen) atoms. The van der Waals surface area contributed by atoms with E-state index in [1.54, 1.807) is 36.4 Å². The van der Waals surface area contributed by atoms with Crippen molar-refractivity contribution in [3.63, 3.8) is 0 Å². The van der Waals surface area contributed by atoms with E-state index in [2.05, 4.69) is 20.5 Å². The molecule has 0 saturated carbocycles. The Morgan fingerprint density at radius 1 is 1.21 bits per heavy atom. The lowest BCUT2D eigenvalue weighted by molar-refractivity contribution is -0.384. The molecule has 0 radical (unpaired) electrons. The summed E-state index contributed by atoms with van der Waals surface area (Å²) in [7, 11) is 0. The first-order valence-electron chi connectivity index (χ1n) is 8.33. The summed E-state index contributed by atoms with van der Waals surface area (Å²) < 4.78 is 5.63. The summed E-state index contributed by atoms with van der Waals surface area (Å²) in [5.74, 6) is 0.911. The van der Waals surface area contributed by atoms with Crippen molar-refractivity contribution in [3.05, 3.63) is 85.8 Å². The van der Waals surface area contributed by atoms with Crippen LogP contribution < -0.4 is 11.0 Å². The van der Waals surface area contributed by atoms with Gasteiger partial charge >= 0.3 is 0 Å². The zero-order valence-electron chi connectivity index (χ0n) is 14.6. The highest BCUT2D eigenvalue weighted by Crippen LogP contribution is 2.32. The zero-order chi connectivity index (χ0) is 20.4. The van der Waals surface area contributed by atoms with Crippen LogP contribution in [0.4, 0.5) is 11.6 Å². The van der Waals surface area contributed by atoms with Gasteiger partial charge in [-0.1, -0.05) is 23.7 Å². The van der Waals surface area contributed by atoms with E-state index in [9.17, 15) is 14.9 Å². The van der Waals surface area contributed by atoms with E-state index in [0.717, 1.165) is 0 Å². The Morgan fingerprint density at radius 2 is 2.03 bits per heavy atom. The molecule has 2 aromatic carbocycles. The molecular formula is C19H12ClN5O4. The highest BCUT2D eigenvalue weighted by atomic mass is 35.5. The van der Waals surface area contributed by atoms with Gasteiger partial charge in [-0.25, -0.2) is 10.4 Å². The van der Waals surface area contributed by atoms with Gasteiger partial charge in [0.1, 0.15) is 11.5 Å². The Morgan fingerprint density at radius 3 is 2.86 bits per heavy atom. The molecule has 4 rings (SSSR count). The highest BCUT2D eigenvalue weighted by molar-refractivity contribution is 6.33. The molecule has 4 aromatic rings. The van der Waals surface area contributed by atoms with Gasteiger partial charge in [0.15, 0.2) is 0 Å². The van der Waals surface area contributed by atoms with Crippen LogP contribution in [0.5, 0.6) is 0 Å². The number of nitrogens with one attached hydrogen (secondary N) is 2. The van der Waals surface area contributed by atoms with Crippen molar-refractivity contribution in [1.82, 2.24) is 9.97 Å². The van der Waals surface area contributed by atoms with Crippen molar-refractivity contribution in [3.8, 4) is 11.3 Å². The van der Waals surface area contributed by atoms with E-state index in [0.29, 0.717) is 33.0 Å². The van der Waals surface area contributed by atoms with Crippen molar-refractivity contribution in [1.29, 1.82) is 0 Å². The second kappa shape index (κ2) is 7.56. The molecule has 0 aliphatic heterocycles. The number of fused-ring (bicyclic) bond motifs is 1. The number of H-pyrrole nitrogens is 1. The number of halogens is 1. The Balaban J connectivity index is 1.54. The second-order valence-electron chi connectivity index (χ2n) is 5.92. The van der Waals surface area contributed by atoms with Crippen LogP contribution in [0, 0.1) is 10.1 Å². The number of rotatable bonds is 5. The Hall–Kier alpha value is -3.98. The third kappa shape index (κ3) is 3.85. The predicted molar refractivity (Wildman–Crippen MR) is 109 cm³/mol. The minimum Gasteiger partial charge on any atom is -0.455 e. The molecule has 0 spiro atoms. The molecule has 0 aliphatic carbocycles. The van der Waals surface area contributed by atoms with Crippen molar-refractivity contribution in [2.75, 3.05) is 5.43 Å². The molecule has 0 amide bonds. The second-order valence-corrected chi connectivity index (χ2v) is 6.33. The average molecular weight is 410 g/mol. The lowest BCUT2D eigenvalue weighted by Gasteiger charge is -2.01. The summed E-state index contributed by atoms with van der Waals surface area (Å²) in [6, 6.07) is 14.3. The first-order chi connectivity index (χ1) is 14.0. The third-order valence-corrected chi connectivity index (χ3v) is 4.36. The summed E-state index contributed by atoms with van der Waals surface area (Å²) in [5.41, 5.74) is 3.19. The maximum Gasteiger partial charge on any atom is 0.270 e. The number of hydrogen-bond acceptors (Lipinski definition) is 7. The maximum absolute atomic E-state index is 12.0. The normalized spacial score (nSPS) is 11.2. The van der Waals surface area contributed by atoms with Gasteiger partial charge in [-0.2, -0.15) is 5.10 Å². The molecule has 9 nitrogen and oxygen atoms in total. The first kappa shape index (κ1) is 18.4. The molecule has 2 N–H and O–H groups in total. The number of aromatic nitrogens is 2. The van der Waals surface area contributed by atoms with Crippen molar-refractivity contribution < 1.29 is 9.34 Å². The molecule has 144 valence electrons. The number of nitro groups is 1. The SMILES string of the molecule is O=c1[nH]c(NN=Cc2ccc(-c3cc([N+](=O)[O-])ccc3Cl)o2)nc2ccccc12. The quantitative estimate of drug-likeness (QED) is 0.289. The summed E-state index contributed by atoms with van der Waals surface area (Å²) in [6.07, 6.45) is 1.38. The van der Waals surface area contributed by atoms with E-state index < -0.39 is 4.92 Å². The van der Waals surface area contributed by atoms with Crippen LogP contribution in [-0.2, 0) is 0 Å². The third-order valence-electron chi connectivity index (χ3n) is 4.03. The highest BCUT2D eigenvalue weighted by Gasteiger charge is 2.14. The maximum atomic E-state index is 12.0. The largest absolute Gasteiger partial charge is 0.455 e. The van der Waals surface area contributed by atoms with Crippen LogP contribution >= 0.6 is 11.6 Å². The topological polar surface area (TPSA) is 126 Å². The molecule has 0 atom stereocenters. The number of hydrazone groups is 1. The van der Waals surface area contributed by atoms with Crippen molar-refractivity contribution >= 4 is 40.4 Å². The number of nitro benzene ring substituents is 1. The van der Waals surface area contributed by atoms with E-state index in [4.69, 9.17) is 16.0 Å². The summed E-state index contributed by atoms with van der Waals surface area (Å²) in [6.45, 7) is 0. The van der Waals surface area contributed by atoms with Gasteiger partial charge in [-0.15, -0.1) is 0 Å². The molecule has 0 fully saturated rings. The van der Waals surface area contributed by atoms with E-state index >= 15 is 0 Å². The summed E-state index contributed by atoms with van der Waals surface area (Å²) in [4.78, 5) is 29.3. The van der Waals surface area contributed by atoms with Crippen molar-refractivity contribution in [2.45, 2.75) is 0 Å². The minimum atomic E-state index is -0.508. The van der Waals surface area contributed by atoms with Crippen LogP contribution in [0.25, 0.3) is 22.2 Å². The molecular weight excluding hydrogens is 398 g/mol. The molecule has 2 aromatic heterocycles. The standard InChI is InChI=1S/C19H12ClN5O4/c20-15-7-5-11(25(27)28)9-14(15)17-8-6-12(29-17)10-21-24-19-22-16-4-2-1-3-13(16)18(26)23-19/h1-10H,(H2,22,23,24,26).